The number of benzene rings is 1. The highest BCUT2D eigenvalue weighted by Gasteiger charge is 2.34. The van der Waals surface area contributed by atoms with E-state index in [-0.39, 0.29) is 11.8 Å². The summed E-state index contributed by atoms with van der Waals surface area (Å²) in [7, 11) is 0. The van der Waals surface area contributed by atoms with Crippen LogP contribution in [0.15, 0.2) is 36.9 Å². The third kappa shape index (κ3) is 3.08. The van der Waals surface area contributed by atoms with E-state index in [0.29, 0.717) is 31.6 Å². The number of rotatable bonds is 6. The zero-order chi connectivity index (χ0) is 16.2. The number of nitrogens with one attached hydrogen (secondary N) is 1. The summed E-state index contributed by atoms with van der Waals surface area (Å²) in [4.78, 5) is 30.4. The van der Waals surface area contributed by atoms with Gasteiger partial charge in [0.05, 0.1) is 6.54 Å². The second-order valence-electron chi connectivity index (χ2n) is 5.46. The first kappa shape index (κ1) is 15.2. The van der Waals surface area contributed by atoms with E-state index >= 15 is 0 Å². The number of amides is 2. The number of carbonyl (C=O) groups is 2. The van der Waals surface area contributed by atoms with Crippen molar-refractivity contribution in [3.8, 4) is 0 Å². The summed E-state index contributed by atoms with van der Waals surface area (Å²) in [6.07, 6.45) is 3.63. The molecule has 120 valence electrons. The molecule has 0 radical (unpaired) electrons. The molecule has 7 heteroatoms. The number of aromatic nitrogens is 3. The lowest BCUT2D eigenvalue weighted by Crippen LogP contribution is -2.47. The van der Waals surface area contributed by atoms with Gasteiger partial charge in [0.25, 0.3) is 5.91 Å². The van der Waals surface area contributed by atoms with Crippen LogP contribution < -0.4 is 5.32 Å². The van der Waals surface area contributed by atoms with Gasteiger partial charge in [-0.3, -0.25) is 14.3 Å². The van der Waals surface area contributed by atoms with Gasteiger partial charge in [0.15, 0.2) is 0 Å². The molecule has 1 atom stereocenters. The summed E-state index contributed by atoms with van der Waals surface area (Å²) in [5, 5.41) is 6.86. The summed E-state index contributed by atoms with van der Waals surface area (Å²) >= 11 is 0. The Kier molecular flexibility index (Phi) is 4.36. The fraction of sp³-hybridized carbons (Fsp3) is 0.375. The smallest absolute Gasteiger partial charge is 0.255 e. The Bertz CT molecular complexity index is 698. The highest BCUT2D eigenvalue weighted by molar-refractivity contribution is 6.01. The van der Waals surface area contributed by atoms with Gasteiger partial charge in [0.2, 0.25) is 5.91 Å². The molecule has 2 heterocycles. The molecule has 0 saturated heterocycles. The topological polar surface area (TPSA) is 80.1 Å². The van der Waals surface area contributed by atoms with Crippen LogP contribution in [0.3, 0.4) is 0 Å². The molecule has 0 aliphatic carbocycles. The van der Waals surface area contributed by atoms with Crippen LogP contribution in [0.2, 0.25) is 0 Å². The average Bonchev–Trinajstić information content (AvgIpc) is 3.18. The Morgan fingerprint density at radius 3 is 2.91 bits per heavy atom. The maximum atomic E-state index is 12.5. The number of hydrogen-bond donors (Lipinski definition) is 1. The second kappa shape index (κ2) is 6.60. The van der Waals surface area contributed by atoms with Gasteiger partial charge >= 0.3 is 0 Å². The molecule has 7 nitrogen and oxygen atoms in total. The van der Waals surface area contributed by atoms with Crippen molar-refractivity contribution in [2.45, 2.75) is 32.5 Å². The zero-order valence-corrected chi connectivity index (χ0v) is 13.0. The lowest BCUT2D eigenvalue weighted by molar-refractivity contribution is -0.125. The summed E-state index contributed by atoms with van der Waals surface area (Å²) in [5.74, 6) is -0.201. The molecule has 1 unspecified atom stereocenters. The van der Waals surface area contributed by atoms with Crippen molar-refractivity contribution in [2.24, 2.45) is 0 Å². The van der Waals surface area contributed by atoms with Crippen LogP contribution in [-0.2, 0) is 17.9 Å². The Morgan fingerprint density at radius 2 is 2.22 bits per heavy atom. The number of fused-ring (bicyclic) bond motifs is 1. The zero-order valence-electron chi connectivity index (χ0n) is 13.0. The Hall–Kier alpha value is -2.70. The summed E-state index contributed by atoms with van der Waals surface area (Å²) in [5.41, 5.74) is 1.67. The van der Waals surface area contributed by atoms with Crippen molar-refractivity contribution in [3.05, 3.63) is 48.0 Å². The highest BCUT2D eigenvalue weighted by Crippen LogP contribution is 2.25. The van der Waals surface area contributed by atoms with Crippen molar-refractivity contribution < 1.29 is 9.59 Å². The lowest BCUT2D eigenvalue weighted by atomic mass is 10.1. The minimum absolute atomic E-state index is 0.0705. The number of nitrogens with zero attached hydrogens (tertiary/aromatic N) is 4. The molecule has 0 saturated carbocycles. The maximum Gasteiger partial charge on any atom is 0.255 e. The third-order valence-corrected chi connectivity index (χ3v) is 4.02. The fourth-order valence-electron chi connectivity index (χ4n) is 2.84. The first-order valence-electron chi connectivity index (χ1n) is 7.69. The van der Waals surface area contributed by atoms with Crippen molar-refractivity contribution in [3.63, 3.8) is 0 Å². The highest BCUT2D eigenvalue weighted by atomic mass is 16.2. The Morgan fingerprint density at radius 1 is 1.39 bits per heavy atom. The van der Waals surface area contributed by atoms with Crippen molar-refractivity contribution in [1.29, 1.82) is 0 Å². The molecule has 1 aliphatic rings. The molecular formula is C16H19N5O2. The number of carbonyl (C=O) groups excluding carboxylic acids is 2. The second-order valence-corrected chi connectivity index (χ2v) is 5.46. The molecule has 1 aliphatic heterocycles. The van der Waals surface area contributed by atoms with Gasteiger partial charge in [-0.1, -0.05) is 25.1 Å². The lowest BCUT2D eigenvalue weighted by Gasteiger charge is -2.25. The standard InChI is InChI=1S/C16H19N5O2/c1-2-14(15(22)18-7-8-20-11-17-10-19-20)21-9-12-5-3-4-6-13(12)16(21)23/h3-6,10-11,14H,2,7-9H2,1H3,(H,18,22). The largest absolute Gasteiger partial charge is 0.352 e. The molecule has 0 fully saturated rings. The molecule has 1 aromatic heterocycles. The molecule has 2 amide bonds. The summed E-state index contributed by atoms with van der Waals surface area (Å²) in [6, 6.07) is 7.05. The van der Waals surface area contributed by atoms with Gasteiger partial charge in [-0.15, -0.1) is 0 Å². The third-order valence-electron chi connectivity index (χ3n) is 4.02. The molecule has 1 N–H and O–H groups in total. The monoisotopic (exact) mass is 313 g/mol. The predicted octanol–water partition coefficient (Wildman–Crippen LogP) is 0.829. The first-order chi connectivity index (χ1) is 11.2. The minimum Gasteiger partial charge on any atom is -0.352 e. The van der Waals surface area contributed by atoms with Gasteiger partial charge in [-0.25, -0.2) is 4.98 Å². The fourth-order valence-corrected chi connectivity index (χ4v) is 2.84. The maximum absolute atomic E-state index is 12.5. The SMILES string of the molecule is CCC(C(=O)NCCn1cncn1)N1Cc2ccccc2C1=O. The van der Waals surface area contributed by atoms with Crippen LogP contribution in [0.5, 0.6) is 0 Å². The van der Waals surface area contributed by atoms with Crippen LogP contribution in [0, 0.1) is 0 Å². The van der Waals surface area contributed by atoms with Crippen molar-refractivity contribution >= 4 is 11.8 Å². The molecule has 23 heavy (non-hydrogen) atoms. The molecule has 0 spiro atoms. The van der Waals surface area contributed by atoms with E-state index < -0.39 is 6.04 Å². The minimum atomic E-state index is -0.453. The van der Waals surface area contributed by atoms with Crippen LogP contribution >= 0.6 is 0 Å². The average molecular weight is 313 g/mol. The van der Waals surface area contributed by atoms with Crippen LogP contribution in [0.4, 0.5) is 0 Å². The summed E-state index contributed by atoms with van der Waals surface area (Å²) < 4.78 is 1.65. The van der Waals surface area contributed by atoms with Gasteiger partial charge in [0.1, 0.15) is 18.7 Å². The van der Waals surface area contributed by atoms with Crippen LogP contribution in [0.1, 0.15) is 29.3 Å². The van der Waals surface area contributed by atoms with E-state index in [2.05, 4.69) is 15.4 Å². The predicted molar refractivity (Wildman–Crippen MR) is 83.4 cm³/mol. The van der Waals surface area contributed by atoms with Gasteiger partial charge in [-0.2, -0.15) is 5.10 Å². The number of hydrogen-bond acceptors (Lipinski definition) is 4. The van der Waals surface area contributed by atoms with Gasteiger partial charge in [0, 0.05) is 18.7 Å². The molecule has 3 rings (SSSR count). The molecule has 2 aromatic rings. The quantitative estimate of drug-likeness (QED) is 0.856. The van der Waals surface area contributed by atoms with E-state index in [4.69, 9.17) is 0 Å². The first-order valence-corrected chi connectivity index (χ1v) is 7.69. The van der Waals surface area contributed by atoms with E-state index in [9.17, 15) is 9.59 Å². The van der Waals surface area contributed by atoms with E-state index in [1.54, 1.807) is 15.9 Å². The summed E-state index contributed by atoms with van der Waals surface area (Å²) in [6.45, 7) is 3.41. The van der Waals surface area contributed by atoms with Crippen LogP contribution in [-0.4, -0.2) is 44.1 Å². The Labute approximate surface area is 134 Å². The van der Waals surface area contributed by atoms with Gasteiger partial charge < -0.3 is 10.2 Å². The van der Waals surface area contributed by atoms with E-state index in [0.717, 1.165) is 5.56 Å². The van der Waals surface area contributed by atoms with Crippen LogP contribution in [0.25, 0.3) is 0 Å². The molecule has 0 bridgehead atoms. The molecule has 1 aromatic carbocycles. The van der Waals surface area contributed by atoms with Gasteiger partial charge in [-0.05, 0) is 18.1 Å². The normalized spacial score (nSPS) is 14.7. The van der Waals surface area contributed by atoms with E-state index in [1.165, 1.54) is 6.33 Å². The Balaban J connectivity index is 1.61. The van der Waals surface area contributed by atoms with Crippen molar-refractivity contribution in [2.75, 3.05) is 6.54 Å². The van der Waals surface area contributed by atoms with E-state index in [1.807, 2.05) is 31.2 Å². The molecular weight excluding hydrogens is 294 g/mol. The van der Waals surface area contributed by atoms with Crippen molar-refractivity contribution in [1.82, 2.24) is 25.0 Å².